The Balaban J connectivity index is 1.79. The van der Waals surface area contributed by atoms with Gasteiger partial charge < -0.3 is 10.1 Å². The van der Waals surface area contributed by atoms with Gasteiger partial charge >= 0.3 is 6.18 Å². The maximum atomic E-state index is 12.4. The van der Waals surface area contributed by atoms with Crippen LogP contribution in [0.15, 0.2) is 48.5 Å². The number of nitrogens with one attached hydrogen (secondary N) is 1. The molecule has 0 saturated carbocycles. The molecule has 2 aromatic rings. The van der Waals surface area contributed by atoms with Crippen LogP contribution in [0.1, 0.15) is 11.1 Å². The highest BCUT2D eigenvalue weighted by atomic mass is 19.4. The number of benzene rings is 2. The van der Waals surface area contributed by atoms with Crippen LogP contribution in [0.25, 0.3) is 0 Å². The molecule has 1 amide bonds. The van der Waals surface area contributed by atoms with Gasteiger partial charge in [-0.15, -0.1) is 0 Å². The van der Waals surface area contributed by atoms with Gasteiger partial charge in [-0.3, -0.25) is 14.9 Å². The Kier molecular flexibility index (Phi) is 5.58. The molecule has 0 atom stereocenters. The summed E-state index contributed by atoms with van der Waals surface area (Å²) in [7, 11) is 0. The lowest BCUT2D eigenvalue weighted by atomic mass is 10.1. The molecule has 25 heavy (non-hydrogen) atoms. The van der Waals surface area contributed by atoms with E-state index in [0.29, 0.717) is 5.56 Å². The van der Waals surface area contributed by atoms with E-state index in [0.717, 1.165) is 12.1 Å². The van der Waals surface area contributed by atoms with E-state index < -0.39 is 22.6 Å². The second-order valence-corrected chi connectivity index (χ2v) is 5.01. The van der Waals surface area contributed by atoms with Crippen molar-refractivity contribution in [2.45, 2.75) is 12.7 Å². The number of alkyl halides is 3. The highest BCUT2D eigenvalue weighted by Crippen LogP contribution is 2.29. The van der Waals surface area contributed by atoms with Crippen LogP contribution in [-0.2, 0) is 17.5 Å². The fourth-order valence-corrected chi connectivity index (χ4v) is 1.88. The van der Waals surface area contributed by atoms with Crippen LogP contribution in [0, 0.1) is 10.1 Å². The van der Waals surface area contributed by atoms with Crippen molar-refractivity contribution in [2.75, 3.05) is 6.61 Å². The molecule has 0 saturated heterocycles. The van der Waals surface area contributed by atoms with Gasteiger partial charge in [0.2, 0.25) is 0 Å². The van der Waals surface area contributed by atoms with Crippen LogP contribution in [0.4, 0.5) is 18.9 Å². The van der Waals surface area contributed by atoms with Crippen molar-refractivity contribution in [3.8, 4) is 5.75 Å². The van der Waals surface area contributed by atoms with Crippen LogP contribution in [0.2, 0.25) is 0 Å². The Labute approximate surface area is 140 Å². The maximum absolute atomic E-state index is 12.4. The quantitative estimate of drug-likeness (QED) is 0.637. The van der Waals surface area contributed by atoms with Gasteiger partial charge in [0.25, 0.3) is 11.6 Å². The summed E-state index contributed by atoms with van der Waals surface area (Å²) in [5, 5.41) is 13.0. The SMILES string of the molecule is O=C(COc1ccc([N+](=O)[O-])cc1)NCc1ccc(C(F)(F)F)cc1. The Morgan fingerprint density at radius 1 is 1.08 bits per heavy atom. The fraction of sp³-hybridized carbons (Fsp3) is 0.188. The Morgan fingerprint density at radius 3 is 2.20 bits per heavy atom. The molecular formula is C16H13F3N2O4. The minimum atomic E-state index is -4.40. The van der Waals surface area contributed by atoms with Crippen LogP contribution in [0.5, 0.6) is 5.75 Å². The van der Waals surface area contributed by atoms with E-state index >= 15 is 0 Å². The molecule has 0 aromatic heterocycles. The first-order valence-electron chi connectivity index (χ1n) is 7.06. The highest BCUT2D eigenvalue weighted by Gasteiger charge is 2.29. The number of rotatable bonds is 6. The van der Waals surface area contributed by atoms with Gasteiger partial charge in [-0.1, -0.05) is 12.1 Å². The zero-order chi connectivity index (χ0) is 18.4. The number of nitro benzene ring substituents is 1. The maximum Gasteiger partial charge on any atom is 0.416 e. The molecule has 0 aliphatic carbocycles. The van der Waals surface area contributed by atoms with E-state index in [1.165, 1.54) is 36.4 Å². The average molecular weight is 354 g/mol. The average Bonchev–Trinajstić information content (AvgIpc) is 2.58. The zero-order valence-electron chi connectivity index (χ0n) is 12.7. The minimum absolute atomic E-state index is 0.0561. The molecule has 0 spiro atoms. The van der Waals surface area contributed by atoms with Crippen LogP contribution < -0.4 is 10.1 Å². The van der Waals surface area contributed by atoms with Crippen molar-refractivity contribution in [1.82, 2.24) is 5.32 Å². The van der Waals surface area contributed by atoms with Gasteiger partial charge in [-0.05, 0) is 29.8 Å². The smallest absolute Gasteiger partial charge is 0.416 e. The Hall–Kier alpha value is -3.10. The summed E-state index contributed by atoms with van der Waals surface area (Å²) in [5.74, 6) is -0.187. The normalized spacial score (nSPS) is 11.0. The number of carbonyl (C=O) groups excluding carboxylic acids is 1. The molecular weight excluding hydrogens is 341 g/mol. The predicted molar refractivity (Wildman–Crippen MR) is 81.9 cm³/mol. The fourth-order valence-electron chi connectivity index (χ4n) is 1.88. The van der Waals surface area contributed by atoms with E-state index in [2.05, 4.69) is 5.32 Å². The Morgan fingerprint density at radius 2 is 1.68 bits per heavy atom. The number of ether oxygens (including phenoxy) is 1. The summed E-state index contributed by atoms with van der Waals surface area (Å²) in [5.41, 5.74) is -0.347. The zero-order valence-corrected chi connectivity index (χ0v) is 12.7. The van der Waals surface area contributed by atoms with E-state index in [1.54, 1.807) is 0 Å². The molecule has 2 rings (SSSR count). The number of nitrogens with zero attached hydrogens (tertiary/aromatic N) is 1. The number of hydrogen-bond donors (Lipinski definition) is 1. The molecule has 0 fully saturated rings. The predicted octanol–water partition coefficient (Wildman–Crippen LogP) is 3.31. The molecule has 2 aromatic carbocycles. The monoisotopic (exact) mass is 354 g/mol. The van der Waals surface area contributed by atoms with Crippen molar-refractivity contribution < 1.29 is 27.6 Å². The van der Waals surface area contributed by atoms with E-state index in [-0.39, 0.29) is 24.6 Å². The lowest BCUT2D eigenvalue weighted by Gasteiger charge is -2.09. The van der Waals surface area contributed by atoms with Gasteiger partial charge in [0, 0.05) is 18.7 Å². The molecule has 132 valence electrons. The second-order valence-electron chi connectivity index (χ2n) is 5.01. The Bertz CT molecular complexity index is 743. The van der Waals surface area contributed by atoms with Gasteiger partial charge in [-0.25, -0.2) is 0 Å². The third-order valence-electron chi connectivity index (χ3n) is 3.19. The summed E-state index contributed by atoms with van der Waals surface area (Å²) in [6, 6.07) is 9.65. The number of halogens is 3. The topological polar surface area (TPSA) is 81.5 Å². The summed E-state index contributed by atoms with van der Waals surface area (Å²) < 4.78 is 42.5. The lowest BCUT2D eigenvalue weighted by molar-refractivity contribution is -0.384. The van der Waals surface area contributed by atoms with Gasteiger partial charge in [0.15, 0.2) is 6.61 Å². The number of carbonyl (C=O) groups is 1. The van der Waals surface area contributed by atoms with Crippen LogP contribution in [-0.4, -0.2) is 17.4 Å². The van der Waals surface area contributed by atoms with E-state index in [4.69, 9.17) is 4.74 Å². The van der Waals surface area contributed by atoms with E-state index in [9.17, 15) is 28.1 Å². The summed E-state index contributed by atoms with van der Waals surface area (Å²) in [4.78, 5) is 21.6. The third-order valence-corrected chi connectivity index (χ3v) is 3.19. The number of non-ortho nitro benzene ring substituents is 1. The molecule has 0 heterocycles. The highest BCUT2D eigenvalue weighted by molar-refractivity contribution is 5.77. The number of nitro groups is 1. The molecule has 0 unspecified atom stereocenters. The van der Waals surface area contributed by atoms with Crippen LogP contribution in [0.3, 0.4) is 0 Å². The molecule has 9 heteroatoms. The largest absolute Gasteiger partial charge is 0.484 e. The lowest BCUT2D eigenvalue weighted by Crippen LogP contribution is -2.28. The number of amides is 1. The molecule has 0 bridgehead atoms. The van der Waals surface area contributed by atoms with Crippen LogP contribution >= 0.6 is 0 Å². The van der Waals surface area contributed by atoms with Crippen molar-refractivity contribution in [2.24, 2.45) is 0 Å². The third kappa shape index (κ3) is 5.48. The van der Waals surface area contributed by atoms with E-state index in [1.807, 2.05) is 0 Å². The summed E-state index contributed by atoms with van der Waals surface area (Å²) >= 11 is 0. The molecule has 1 N–H and O–H groups in total. The summed E-state index contributed by atoms with van der Waals surface area (Å²) in [6.07, 6.45) is -4.40. The number of hydrogen-bond acceptors (Lipinski definition) is 4. The molecule has 6 nitrogen and oxygen atoms in total. The van der Waals surface area contributed by atoms with Crippen molar-refractivity contribution in [1.29, 1.82) is 0 Å². The van der Waals surface area contributed by atoms with Gasteiger partial charge in [0.05, 0.1) is 10.5 Å². The van der Waals surface area contributed by atoms with Crippen molar-refractivity contribution in [3.05, 3.63) is 69.8 Å². The first-order valence-corrected chi connectivity index (χ1v) is 7.06. The second kappa shape index (κ2) is 7.65. The van der Waals surface area contributed by atoms with Crippen molar-refractivity contribution >= 4 is 11.6 Å². The van der Waals surface area contributed by atoms with Crippen molar-refractivity contribution in [3.63, 3.8) is 0 Å². The molecule has 0 radical (unpaired) electrons. The standard InChI is InChI=1S/C16H13F3N2O4/c17-16(18,19)12-3-1-11(2-4-12)9-20-15(22)10-25-14-7-5-13(6-8-14)21(23)24/h1-8H,9-10H2,(H,20,22). The van der Waals surface area contributed by atoms with Gasteiger partial charge in [-0.2, -0.15) is 13.2 Å². The molecule has 0 aliphatic heterocycles. The minimum Gasteiger partial charge on any atom is -0.484 e. The summed E-state index contributed by atoms with van der Waals surface area (Å²) in [6.45, 7) is -0.265. The first-order chi connectivity index (χ1) is 11.8. The first kappa shape index (κ1) is 18.2. The van der Waals surface area contributed by atoms with Gasteiger partial charge in [0.1, 0.15) is 5.75 Å². The molecule has 0 aliphatic rings.